The van der Waals surface area contributed by atoms with Gasteiger partial charge in [-0.25, -0.2) is 4.39 Å². The fourth-order valence-corrected chi connectivity index (χ4v) is 1.56. The van der Waals surface area contributed by atoms with Gasteiger partial charge in [0.1, 0.15) is 6.10 Å². The third-order valence-electron chi connectivity index (χ3n) is 2.04. The first-order valence-corrected chi connectivity index (χ1v) is 6.13. The van der Waals surface area contributed by atoms with Crippen molar-refractivity contribution in [1.29, 1.82) is 0 Å². The van der Waals surface area contributed by atoms with E-state index >= 15 is 0 Å². The number of nitrogens with one attached hydrogen (secondary N) is 1. The minimum atomic E-state index is -0.342. The zero-order valence-electron chi connectivity index (χ0n) is 9.76. The quantitative estimate of drug-likeness (QED) is 0.898. The van der Waals surface area contributed by atoms with Crippen LogP contribution in [0.25, 0.3) is 0 Å². The molecule has 90 valence electrons. The van der Waals surface area contributed by atoms with E-state index in [1.807, 2.05) is 6.92 Å². The van der Waals surface area contributed by atoms with Crippen LogP contribution in [0.2, 0.25) is 0 Å². The van der Waals surface area contributed by atoms with Crippen molar-refractivity contribution in [3.05, 3.63) is 28.5 Å². The fraction of sp³-hybridized carbons (Fsp3) is 0.500. The Balaban J connectivity index is 2.52. The molecule has 0 saturated carbocycles. The Morgan fingerprint density at radius 1 is 1.38 bits per heavy atom. The van der Waals surface area contributed by atoms with Gasteiger partial charge >= 0.3 is 0 Å². The molecule has 1 atom stereocenters. The summed E-state index contributed by atoms with van der Waals surface area (Å²) in [5.74, 6) is -0.0490. The minimum Gasteiger partial charge on any atom is -0.486 e. The van der Waals surface area contributed by atoms with Crippen LogP contribution in [0.3, 0.4) is 0 Å². The normalized spacial score (nSPS) is 12.9. The van der Waals surface area contributed by atoms with E-state index in [9.17, 15) is 4.39 Å². The van der Waals surface area contributed by atoms with Crippen molar-refractivity contribution in [2.45, 2.75) is 32.9 Å². The Kier molecular flexibility index (Phi) is 5.22. The van der Waals surface area contributed by atoms with Crippen LogP contribution in [-0.2, 0) is 0 Å². The van der Waals surface area contributed by atoms with Crippen molar-refractivity contribution in [1.82, 2.24) is 5.32 Å². The Hall–Kier alpha value is -0.610. The van der Waals surface area contributed by atoms with Gasteiger partial charge in [0.05, 0.1) is 0 Å². The third-order valence-corrected chi connectivity index (χ3v) is 2.53. The zero-order valence-corrected chi connectivity index (χ0v) is 11.3. The van der Waals surface area contributed by atoms with Crippen molar-refractivity contribution < 1.29 is 9.13 Å². The van der Waals surface area contributed by atoms with E-state index in [1.165, 1.54) is 6.07 Å². The van der Waals surface area contributed by atoms with Crippen molar-refractivity contribution >= 4 is 15.9 Å². The first-order chi connectivity index (χ1) is 7.49. The summed E-state index contributed by atoms with van der Waals surface area (Å²) in [5.41, 5.74) is 0. The molecule has 0 amide bonds. The SMILES string of the molecule is CC(C)NCC(C)Oc1ccc(Br)cc1F. The highest BCUT2D eigenvalue weighted by Crippen LogP contribution is 2.22. The van der Waals surface area contributed by atoms with Gasteiger partial charge in [0.25, 0.3) is 0 Å². The highest BCUT2D eigenvalue weighted by Gasteiger charge is 2.09. The van der Waals surface area contributed by atoms with Gasteiger partial charge in [-0.1, -0.05) is 29.8 Å². The Labute approximate surface area is 104 Å². The minimum absolute atomic E-state index is 0.0573. The van der Waals surface area contributed by atoms with Gasteiger partial charge in [0.15, 0.2) is 11.6 Å². The molecule has 0 spiro atoms. The van der Waals surface area contributed by atoms with Crippen LogP contribution in [0.5, 0.6) is 5.75 Å². The molecule has 16 heavy (non-hydrogen) atoms. The van der Waals surface area contributed by atoms with Gasteiger partial charge in [-0.15, -0.1) is 0 Å². The van der Waals surface area contributed by atoms with Gasteiger partial charge in [-0.3, -0.25) is 0 Å². The number of hydrogen-bond acceptors (Lipinski definition) is 2. The Bertz CT molecular complexity index is 344. The van der Waals surface area contributed by atoms with E-state index in [0.29, 0.717) is 22.8 Å². The van der Waals surface area contributed by atoms with Crippen LogP contribution in [0, 0.1) is 5.82 Å². The highest BCUT2D eigenvalue weighted by molar-refractivity contribution is 9.10. The van der Waals surface area contributed by atoms with Gasteiger partial charge in [0.2, 0.25) is 0 Å². The first-order valence-electron chi connectivity index (χ1n) is 5.34. The summed E-state index contributed by atoms with van der Waals surface area (Å²) < 4.78 is 19.6. The smallest absolute Gasteiger partial charge is 0.166 e. The number of benzene rings is 1. The van der Waals surface area contributed by atoms with Gasteiger partial charge in [-0.05, 0) is 25.1 Å². The van der Waals surface area contributed by atoms with Crippen LogP contribution in [-0.4, -0.2) is 18.7 Å². The zero-order chi connectivity index (χ0) is 12.1. The highest BCUT2D eigenvalue weighted by atomic mass is 79.9. The molecule has 1 unspecified atom stereocenters. The Morgan fingerprint density at radius 3 is 2.62 bits per heavy atom. The molecule has 1 N–H and O–H groups in total. The molecule has 0 aromatic heterocycles. The van der Waals surface area contributed by atoms with E-state index in [0.717, 1.165) is 0 Å². The van der Waals surface area contributed by atoms with E-state index in [4.69, 9.17) is 4.74 Å². The number of ether oxygens (including phenoxy) is 1. The van der Waals surface area contributed by atoms with Crippen LogP contribution in [0.1, 0.15) is 20.8 Å². The maximum atomic E-state index is 13.4. The number of halogens is 2. The maximum absolute atomic E-state index is 13.4. The molecule has 0 fully saturated rings. The summed E-state index contributed by atoms with van der Waals surface area (Å²) in [7, 11) is 0. The standard InChI is InChI=1S/C12H17BrFNO/c1-8(2)15-7-9(3)16-12-5-4-10(13)6-11(12)14/h4-6,8-9,15H,7H2,1-3H3. The molecule has 1 aromatic carbocycles. The third kappa shape index (κ3) is 4.49. The van der Waals surface area contributed by atoms with E-state index in [-0.39, 0.29) is 11.9 Å². The van der Waals surface area contributed by atoms with Crippen LogP contribution >= 0.6 is 15.9 Å². The van der Waals surface area contributed by atoms with Crippen LogP contribution in [0.15, 0.2) is 22.7 Å². The largest absolute Gasteiger partial charge is 0.486 e. The summed E-state index contributed by atoms with van der Waals surface area (Å²) in [4.78, 5) is 0. The molecule has 2 nitrogen and oxygen atoms in total. The molecule has 1 rings (SSSR count). The number of hydrogen-bond donors (Lipinski definition) is 1. The van der Waals surface area contributed by atoms with Crippen molar-refractivity contribution in [2.75, 3.05) is 6.54 Å². The summed E-state index contributed by atoms with van der Waals surface area (Å²) in [5, 5.41) is 3.24. The molecule has 0 aliphatic heterocycles. The lowest BCUT2D eigenvalue weighted by atomic mass is 10.3. The maximum Gasteiger partial charge on any atom is 0.166 e. The summed E-state index contributed by atoms with van der Waals surface area (Å²) in [6, 6.07) is 5.20. The molecule has 0 bridgehead atoms. The van der Waals surface area contributed by atoms with E-state index < -0.39 is 0 Å². The molecule has 0 saturated heterocycles. The second-order valence-corrected chi connectivity index (χ2v) is 4.98. The van der Waals surface area contributed by atoms with Gasteiger partial charge in [0, 0.05) is 17.1 Å². The van der Waals surface area contributed by atoms with Crippen molar-refractivity contribution in [2.24, 2.45) is 0 Å². The topological polar surface area (TPSA) is 21.3 Å². The van der Waals surface area contributed by atoms with Crippen molar-refractivity contribution in [3.8, 4) is 5.75 Å². The van der Waals surface area contributed by atoms with Crippen LogP contribution in [0.4, 0.5) is 4.39 Å². The molecule has 0 radical (unpaired) electrons. The molecule has 1 aromatic rings. The van der Waals surface area contributed by atoms with E-state index in [2.05, 4.69) is 35.1 Å². The molecular formula is C12H17BrFNO. The lowest BCUT2D eigenvalue weighted by Gasteiger charge is -2.17. The number of rotatable bonds is 5. The lowest BCUT2D eigenvalue weighted by molar-refractivity contribution is 0.204. The average Bonchev–Trinajstić information content (AvgIpc) is 2.19. The molecular weight excluding hydrogens is 273 g/mol. The molecule has 0 aliphatic rings. The second-order valence-electron chi connectivity index (χ2n) is 4.07. The average molecular weight is 290 g/mol. The summed E-state index contributed by atoms with van der Waals surface area (Å²) >= 11 is 3.20. The monoisotopic (exact) mass is 289 g/mol. The molecule has 4 heteroatoms. The Morgan fingerprint density at radius 2 is 2.06 bits per heavy atom. The first kappa shape index (κ1) is 13.5. The van der Waals surface area contributed by atoms with Crippen molar-refractivity contribution in [3.63, 3.8) is 0 Å². The predicted molar refractivity (Wildman–Crippen MR) is 67.3 cm³/mol. The second kappa shape index (κ2) is 6.21. The van der Waals surface area contributed by atoms with Crippen LogP contribution < -0.4 is 10.1 Å². The van der Waals surface area contributed by atoms with Gasteiger partial charge < -0.3 is 10.1 Å². The molecule has 0 heterocycles. The van der Waals surface area contributed by atoms with E-state index in [1.54, 1.807) is 12.1 Å². The summed E-state index contributed by atoms with van der Waals surface area (Å²) in [6.07, 6.45) is -0.0573. The lowest BCUT2D eigenvalue weighted by Crippen LogP contribution is -2.33. The predicted octanol–water partition coefficient (Wildman–Crippen LogP) is 3.35. The molecule has 0 aliphatic carbocycles. The van der Waals surface area contributed by atoms with Gasteiger partial charge in [-0.2, -0.15) is 0 Å². The summed E-state index contributed by atoms with van der Waals surface area (Å²) in [6.45, 7) is 6.74. The fourth-order valence-electron chi connectivity index (χ4n) is 1.23.